The summed E-state index contributed by atoms with van der Waals surface area (Å²) in [5, 5.41) is 2.89. The number of hydrogen-bond donors (Lipinski definition) is 2. The molecule has 3 rings (SSSR count). The summed E-state index contributed by atoms with van der Waals surface area (Å²) in [5.74, 6) is -0.216. The van der Waals surface area contributed by atoms with Gasteiger partial charge < -0.3 is 20.7 Å². The first-order chi connectivity index (χ1) is 13.1. The van der Waals surface area contributed by atoms with Crippen molar-refractivity contribution in [2.24, 2.45) is 5.73 Å². The van der Waals surface area contributed by atoms with Crippen LogP contribution in [0.15, 0.2) is 48.8 Å². The average Bonchev–Trinajstić information content (AvgIpc) is 3.21. The van der Waals surface area contributed by atoms with Crippen LogP contribution in [-0.2, 0) is 16.1 Å². The number of benzene rings is 1. The van der Waals surface area contributed by atoms with Crippen molar-refractivity contribution in [3.63, 3.8) is 0 Å². The van der Waals surface area contributed by atoms with E-state index in [1.54, 1.807) is 36.5 Å². The minimum absolute atomic E-state index is 0.0199. The molecule has 1 fully saturated rings. The Hall–Kier alpha value is -2.77. The van der Waals surface area contributed by atoms with E-state index in [-0.39, 0.29) is 17.9 Å². The monoisotopic (exact) mass is 368 g/mol. The smallest absolute Gasteiger partial charge is 0.258 e. The van der Waals surface area contributed by atoms with Crippen molar-refractivity contribution in [3.8, 4) is 0 Å². The van der Waals surface area contributed by atoms with Crippen LogP contribution in [0.2, 0.25) is 0 Å². The molecule has 0 saturated carbocycles. The van der Waals surface area contributed by atoms with E-state index in [0.29, 0.717) is 25.1 Å². The van der Waals surface area contributed by atoms with Crippen LogP contribution in [0.4, 0.5) is 5.69 Å². The fraction of sp³-hybridized carbons (Fsp3) is 0.350. The lowest BCUT2D eigenvalue weighted by atomic mass is 10.1. The highest BCUT2D eigenvalue weighted by Gasteiger charge is 2.29. The van der Waals surface area contributed by atoms with Gasteiger partial charge in [0.25, 0.3) is 5.91 Å². The number of ether oxygens (including phenoxy) is 1. The van der Waals surface area contributed by atoms with Crippen molar-refractivity contribution in [2.75, 3.05) is 18.5 Å². The molecule has 2 amide bonds. The van der Waals surface area contributed by atoms with E-state index in [4.69, 9.17) is 10.5 Å². The Labute approximate surface area is 158 Å². The summed E-state index contributed by atoms with van der Waals surface area (Å²) in [4.78, 5) is 30.1. The molecule has 1 aromatic heterocycles. The molecule has 2 heterocycles. The highest BCUT2D eigenvalue weighted by atomic mass is 16.5. The number of nitrogens with one attached hydrogen (secondary N) is 1. The Morgan fingerprint density at radius 3 is 2.52 bits per heavy atom. The normalized spacial score (nSPS) is 18.9. The van der Waals surface area contributed by atoms with E-state index >= 15 is 0 Å². The summed E-state index contributed by atoms with van der Waals surface area (Å²) in [6, 6.07) is 10.9. The molecule has 27 heavy (non-hydrogen) atoms. The van der Waals surface area contributed by atoms with Crippen molar-refractivity contribution in [3.05, 3.63) is 59.9 Å². The van der Waals surface area contributed by atoms with Crippen molar-refractivity contribution >= 4 is 17.5 Å². The molecule has 142 valence electrons. The first-order valence-corrected chi connectivity index (χ1v) is 8.98. The lowest BCUT2D eigenvalue weighted by Gasteiger charge is -2.18. The van der Waals surface area contributed by atoms with E-state index in [1.165, 1.54) is 0 Å². The Morgan fingerprint density at radius 2 is 1.89 bits per heavy atom. The number of nitrogens with zero attached hydrogens (tertiary/aromatic N) is 2. The fourth-order valence-corrected chi connectivity index (χ4v) is 3.02. The largest absolute Gasteiger partial charge is 0.364 e. The molecule has 7 heteroatoms. The second kappa shape index (κ2) is 8.75. The van der Waals surface area contributed by atoms with Crippen LogP contribution in [0.5, 0.6) is 0 Å². The third-order valence-corrected chi connectivity index (χ3v) is 4.69. The van der Waals surface area contributed by atoms with Gasteiger partial charge >= 0.3 is 0 Å². The number of carbonyl (C=O) groups is 2. The molecule has 0 spiro atoms. The molecule has 1 aliphatic rings. The Bertz CT molecular complexity index is 780. The molecular formula is C20H24N4O3. The summed E-state index contributed by atoms with van der Waals surface area (Å²) in [6.07, 6.45) is 4.28. The quantitative estimate of drug-likeness (QED) is 0.805. The van der Waals surface area contributed by atoms with Gasteiger partial charge in [-0.05, 0) is 42.7 Å². The van der Waals surface area contributed by atoms with Crippen LogP contribution in [0.3, 0.4) is 0 Å². The number of carbonyl (C=O) groups excluding carboxylic acids is 2. The van der Waals surface area contributed by atoms with Gasteiger partial charge in [0.15, 0.2) is 0 Å². The van der Waals surface area contributed by atoms with Crippen LogP contribution < -0.4 is 16.0 Å². The van der Waals surface area contributed by atoms with E-state index in [2.05, 4.69) is 10.3 Å². The number of pyridine rings is 1. The summed E-state index contributed by atoms with van der Waals surface area (Å²) in [5.41, 5.74) is 7.87. The van der Waals surface area contributed by atoms with E-state index in [0.717, 1.165) is 17.7 Å². The lowest BCUT2D eigenvalue weighted by molar-refractivity contribution is -0.132. The van der Waals surface area contributed by atoms with Crippen molar-refractivity contribution in [1.29, 1.82) is 0 Å². The van der Waals surface area contributed by atoms with Gasteiger partial charge in [-0.15, -0.1) is 0 Å². The van der Waals surface area contributed by atoms with Gasteiger partial charge in [0, 0.05) is 43.8 Å². The van der Waals surface area contributed by atoms with Gasteiger partial charge in [-0.1, -0.05) is 12.1 Å². The number of amides is 2. The molecule has 0 radical (unpaired) electrons. The predicted molar refractivity (Wildman–Crippen MR) is 102 cm³/mol. The molecule has 2 aromatic rings. The molecule has 1 saturated heterocycles. The summed E-state index contributed by atoms with van der Waals surface area (Å²) in [6.45, 7) is 0.852. The highest BCUT2D eigenvalue weighted by molar-refractivity contribution is 6.05. The summed E-state index contributed by atoms with van der Waals surface area (Å²) >= 11 is 0. The molecule has 0 aliphatic carbocycles. The maximum absolute atomic E-state index is 12.5. The van der Waals surface area contributed by atoms with E-state index in [1.807, 2.05) is 24.3 Å². The predicted octanol–water partition coefficient (Wildman–Crippen LogP) is 1.48. The first kappa shape index (κ1) is 19.0. The Kier molecular flexibility index (Phi) is 6.16. The number of aromatic nitrogens is 1. The minimum Gasteiger partial charge on any atom is -0.364 e. The Balaban J connectivity index is 1.54. The van der Waals surface area contributed by atoms with Gasteiger partial charge in [0.1, 0.15) is 6.10 Å². The third-order valence-electron chi connectivity index (χ3n) is 4.69. The zero-order valence-electron chi connectivity index (χ0n) is 15.3. The van der Waals surface area contributed by atoms with Gasteiger partial charge in [-0.2, -0.15) is 0 Å². The molecule has 1 aliphatic heterocycles. The number of nitrogens with two attached hydrogens (primary N) is 1. The molecule has 2 atom stereocenters. The summed E-state index contributed by atoms with van der Waals surface area (Å²) in [7, 11) is 1.73. The first-order valence-electron chi connectivity index (χ1n) is 8.98. The molecule has 3 N–H and O–H groups in total. The number of anilines is 1. The maximum Gasteiger partial charge on any atom is 0.258 e. The van der Waals surface area contributed by atoms with Crippen molar-refractivity contribution < 1.29 is 14.3 Å². The van der Waals surface area contributed by atoms with Crippen LogP contribution >= 0.6 is 0 Å². The standard InChI is InChI=1S/C20H24N4O3/c1-24(20(26)15-8-10-22-11-9-15)16-4-2-14(3-5-16)13-23-19(25)18-7-6-17(12-21)27-18/h2-5,8-11,17-18H,6-7,12-13,21H2,1H3,(H,23,25)/t17-,18+/m1/s1. The van der Waals surface area contributed by atoms with E-state index < -0.39 is 6.10 Å². The SMILES string of the molecule is CN(C(=O)c1ccncc1)c1ccc(CNC(=O)[C@@H]2CC[C@H](CN)O2)cc1. The van der Waals surface area contributed by atoms with Gasteiger partial charge in [0.2, 0.25) is 5.91 Å². The number of rotatable bonds is 6. The lowest BCUT2D eigenvalue weighted by Crippen LogP contribution is -2.35. The van der Waals surface area contributed by atoms with Gasteiger partial charge in [-0.25, -0.2) is 0 Å². The van der Waals surface area contributed by atoms with E-state index in [9.17, 15) is 9.59 Å². The minimum atomic E-state index is -0.415. The molecular weight excluding hydrogens is 344 g/mol. The molecule has 7 nitrogen and oxygen atoms in total. The topological polar surface area (TPSA) is 97.6 Å². The maximum atomic E-state index is 12.5. The summed E-state index contributed by atoms with van der Waals surface area (Å²) < 4.78 is 5.59. The average molecular weight is 368 g/mol. The third kappa shape index (κ3) is 4.69. The second-order valence-corrected chi connectivity index (χ2v) is 6.54. The Morgan fingerprint density at radius 1 is 1.19 bits per heavy atom. The zero-order valence-corrected chi connectivity index (χ0v) is 15.3. The highest BCUT2D eigenvalue weighted by Crippen LogP contribution is 2.19. The number of hydrogen-bond acceptors (Lipinski definition) is 5. The van der Waals surface area contributed by atoms with Gasteiger partial charge in [-0.3, -0.25) is 14.6 Å². The van der Waals surface area contributed by atoms with Crippen LogP contribution in [0.1, 0.15) is 28.8 Å². The van der Waals surface area contributed by atoms with Crippen molar-refractivity contribution in [1.82, 2.24) is 10.3 Å². The molecule has 1 aromatic carbocycles. The zero-order chi connectivity index (χ0) is 19.2. The van der Waals surface area contributed by atoms with Gasteiger partial charge in [0.05, 0.1) is 6.10 Å². The van der Waals surface area contributed by atoms with Crippen LogP contribution in [0, 0.1) is 0 Å². The molecule has 0 bridgehead atoms. The fourth-order valence-electron chi connectivity index (χ4n) is 3.02. The molecule has 0 unspecified atom stereocenters. The van der Waals surface area contributed by atoms with Crippen molar-refractivity contribution in [2.45, 2.75) is 31.6 Å². The van der Waals surface area contributed by atoms with Crippen LogP contribution in [0.25, 0.3) is 0 Å². The van der Waals surface area contributed by atoms with Crippen LogP contribution in [-0.4, -0.2) is 42.6 Å². The second-order valence-electron chi connectivity index (χ2n) is 6.54.